The second-order valence-corrected chi connectivity index (χ2v) is 6.80. The number of aliphatic hydroxyl groups is 1. The number of aryl methyl sites for hydroxylation is 2. The van der Waals surface area contributed by atoms with E-state index in [4.69, 9.17) is 0 Å². The zero-order valence-corrected chi connectivity index (χ0v) is 14.4. The van der Waals surface area contributed by atoms with Gasteiger partial charge in [0.1, 0.15) is 0 Å². The molecule has 0 aliphatic carbocycles. The largest absolute Gasteiger partial charge is 0.387 e. The highest BCUT2D eigenvalue weighted by Gasteiger charge is 2.18. The third-order valence-electron chi connectivity index (χ3n) is 4.36. The minimum absolute atomic E-state index is 0.207. The first-order valence-corrected chi connectivity index (χ1v) is 8.40. The number of benzene rings is 1. The maximum absolute atomic E-state index is 11.9. The molecule has 0 spiro atoms. The summed E-state index contributed by atoms with van der Waals surface area (Å²) in [5.74, 6) is 0.517. The van der Waals surface area contributed by atoms with Crippen LogP contribution in [0.1, 0.15) is 35.6 Å². The molecule has 23 heavy (non-hydrogen) atoms. The van der Waals surface area contributed by atoms with Gasteiger partial charge in [-0.25, -0.2) is 4.79 Å². The predicted octanol–water partition coefficient (Wildman–Crippen LogP) is 1.98. The summed E-state index contributed by atoms with van der Waals surface area (Å²) in [4.78, 5) is 14.2. The molecule has 128 valence electrons. The molecule has 0 aromatic heterocycles. The Morgan fingerprint density at radius 1 is 1.30 bits per heavy atom. The van der Waals surface area contributed by atoms with E-state index in [1.165, 1.54) is 6.42 Å². The van der Waals surface area contributed by atoms with Crippen LogP contribution in [0.4, 0.5) is 4.79 Å². The van der Waals surface area contributed by atoms with Crippen LogP contribution < -0.4 is 10.6 Å². The first-order chi connectivity index (χ1) is 10.9. The molecule has 1 aliphatic heterocycles. The summed E-state index contributed by atoms with van der Waals surface area (Å²) in [6.45, 7) is 7.10. The number of rotatable bonds is 5. The predicted molar refractivity (Wildman–Crippen MR) is 92.5 cm³/mol. The SMILES string of the molecule is Cc1cc(C)cc([C@H](O)CNC(=O)NC[C@@H]2CCCN(C)C2)c1. The molecule has 5 heteroatoms. The van der Waals surface area contributed by atoms with Gasteiger partial charge in [0, 0.05) is 19.6 Å². The van der Waals surface area contributed by atoms with Gasteiger partial charge in [-0.1, -0.05) is 29.3 Å². The standard InChI is InChI=1S/C18H29N3O2/c1-13-7-14(2)9-16(8-13)17(22)11-20-18(23)19-10-15-5-4-6-21(3)12-15/h7-9,15,17,22H,4-6,10-12H2,1-3H3,(H2,19,20,23)/t15-,17+/m0/s1. The minimum atomic E-state index is -0.680. The Morgan fingerprint density at radius 3 is 2.65 bits per heavy atom. The van der Waals surface area contributed by atoms with E-state index >= 15 is 0 Å². The molecule has 1 heterocycles. The summed E-state index contributed by atoms with van der Waals surface area (Å²) in [7, 11) is 2.12. The van der Waals surface area contributed by atoms with E-state index in [1.807, 2.05) is 26.0 Å². The van der Waals surface area contributed by atoms with Crippen molar-refractivity contribution in [2.45, 2.75) is 32.8 Å². The molecular formula is C18H29N3O2. The molecule has 2 amide bonds. The number of urea groups is 1. The lowest BCUT2D eigenvalue weighted by atomic mass is 9.99. The van der Waals surface area contributed by atoms with Crippen molar-refractivity contribution < 1.29 is 9.90 Å². The van der Waals surface area contributed by atoms with E-state index in [-0.39, 0.29) is 12.6 Å². The van der Waals surface area contributed by atoms with Crippen LogP contribution in [0, 0.1) is 19.8 Å². The van der Waals surface area contributed by atoms with E-state index < -0.39 is 6.10 Å². The highest BCUT2D eigenvalue weighted by atomic mass is 16.3. The molecule has 0 saturated carbocycles. The molecule has 2 atom stereocenters. The Bertz CT molecular complexity index is 513. The van der Waals surface area contributed by atoms with Crippen LogP contribution in [0.25, 0.3) is 0 Å². The molecular weight excluding hydrogens is 290 g/mol. The van der Waals surface area contributed by atoms with Crippen molar-refractivity contribution >= 4 is 6.03 Å². The fraction of sp³-hybridized carbons (Fsp3) is 0.611. The van der Waals surface area contributed by atoms with Gasteiger partial charge in [0.2, 0.25) is 0 Å². The number of hydrogen-bond acceptors (Lipinski definition) is 3. The molecule has 0 unspecified atom stereocenters. The number of hydrogen-bond donors (Lipinski definition) is 3. The van der Waals surface area contributed by atoms with Crippen LogP contribution in [-0.4, -0.2) is 49.3 Å². The smallest absolute Gasteiger partial charge is 0.314 e. The summed E-state index contributed by atoms with van der Waals surface area (Å²) < 4.78 is 0. The van der Waals surface area contributed by atoms with E-state index in [0.29, 0.717) is 12.5 Å². The minimum Gasteiger partial charge on any atom is -0.387 e. The Labute approximate surface area is 139 Å². The lowest BCUT2D eigenvalue weighted by Crippen LogP contribution is -2.43. The first kappa shape index (κ1) is 17.8. The summed E-state index contributed by atoms with van der Waals surface area (Å²) in [6.07, 6.45) is 1.67. The Morgan fingerprint density at radius 2 is 2.00 bits per heavy atom. The maximum Gasteiger partial charge on any atom is 0.314 e. The topological polar surface area (TPSA) is 64.6 Å². The normalized spacial score (nSPS) is 20.1. The molecule has 1 aromatic carbocycles. The second kappa shape index (κ2) is 8.31. The summed E-state index contributed by atoms with van der Waals surface area (Å²) in [5.41, 5.74) is 3.08. The fourth-order valence-corrected chi connectivity index (χ4v) is 3.25. The number of likely N-dealkylation sites (tertiary alicyclic amines) is 1. The Balaban J connectivity index is 1.73. The quantitative estimate of drug-likeness (QED) is 0.777. The van der Waals surface area contributed by atoms with Crippen LogP contribution in [0.3, 0.4) is 0 Å². The summed E-state index contributed by atoms with van der Waals surface area (Å²) in [5, 5.41) is 15.9. The lowest BCUT2D eigenvalue weighted by Gasteiger charge is -2.29. The first-order valence-electron chi connectivity index (χ1n) is 8.40. The second-order valence-electron chi connectivity index (χ2n) is 6.80. The van der Waals surface area contributed by atoms with Crippen LogP contribution in [-0.2, 0) is 0 Å². The van der Waals surface area contributed by atoms with Gasteiger partial charge < -0.3 is 20.6 Å². The highest BCUT2D eigenvalue weighted by Crippen LogP contribution is 2.16. The molecule has 0 radical (unpaired) electrons. The van der Waals surface area contributed by atoms with E-state index in [2.05, 4.69) is 28.6 Å². The van der Waals surface area contributed by atoms with Gasteiger partial charge in [0.25, 0.3) is 0 Å². The van der Waals surface area contributed by atoms with Crippen molar-refractivity contribution in [3.8, 4) is 0 Å². The molecule has 2 rings (SSSR count). The average molecular weight is 319 g/mol. The van der Waals surface area contributed by atoms with E-state index in [1.54, 1.807) is 0 Å². The number of aliphatic hydroxyl groups excluding tert-OH is 1. The summed E-state index contributed by atoms with van der Waals surface area (Å²) in [6, 6.07) is 5.77. The van der Waals surface area contributed by atoms with Crippen molar-refractivity contribution in [3.05, 3.63) is 34.9 Å². The molecule has 1 saturated heterocycles. The van der Waals surface area contributed by atoms with Crippen LogP contribution in [0.5, 0.6) is 0 Å². The molecule has 5 nitrogen and oxygen atoms in total. The Kier molecular flexibility index (Phi) is 6.42. The van der Waals surface area contributed by atoms with Gasteiger partial charge in [-0.2, -0.15) is 0 Å². The molecule has 1 fully saturated rings. The van der Waals surface area contributed by atoms with E-state index in [9.17, 15) is 9.90 Å². The zero-order chi connectivity index (χ0) is 16.8. The van der Waals surface area contributed by atoms with Gasteiger partial charge in [0.05, 0.1) is 6.10 Å². The van der Waals surface area contributed by atoms with Crippen LogP contribution in [0.15, 0.2) is 18.2 Å². The zero-order valence-electron chi connectivity index (χ0n) is 14.4. The molecule has 3 N–H and O–H groups in total. The number of piperidine rings is 1. The Hall–Kier alpha value is -1.59. The molecule has 1 aromatic rings. The maximum atomic E-state index is 11.9. The van der Waals surface area contributed by atoms with Gasteiger partial charge in [0.15, 0.2) is 0 Å². The van der Waals surface area contributed by atoms with Crippen molar-refractivity contribution in [1.82, 2.24) is 15.5 Å². The number of nitrogens with one attached hydrogen (secondary N) is 2. The van der Waals surface area contributed by atoms with Crippen LogP contribution >= 0.6 is 0 Å². The van der Waals surface area contributed by atoms with Crippen molar-refractivity contribution in [2.24, 2.45) is 5.92 Å². The van der Waals surface area contributed by atoms with Crippen molar-refractivity contribution in [3.63, 3.8) is 0 Å². The number of nitrogens with zero attached hydrogens (tertiary/aromatic N) is 1. The van der Waals surface area contributed by atoms with E-state index in [0.717, 1.165) is 36.2 Å². The average Bonchev–Trinajstić information content (AvgIpc) is 2.49. The molecule has 0 bridgehead atoms. The van der Waals surface area contributed by atoms with Gasteiger partial charge >= 0.3 is 6.03 Å². The fourth-order valence-electron chi connectivity index (χ4n) is 3.25. The van der Waals surface area contributed by atoms with Crippen LogP contribution in [0.2, 0.25) is 0 Å². The number of carbonyl (C=O) groups excluding carboxylic acids is 1. The number of amides is 2. The van der Waals surface area contributed by atoms with Gasteiger partial charge in [-0.3, -0.25) is 0 Å². The monoisotopic (exact) mass is 319 g/mol. The highest BCUT2D eigenvalue weighted by molar-refractivity contribution is 5.73. The lowest BCUT2D eigenvalue weighted by molar-refractivity contribution is 0.171. The van der Waals surface area contributed by atoms with Crippen molar-refractivity contribution in [1.29, 1.82) is 0 Å². The van der Waals surface area contributed by atoms with Crippen molar-refractivity contribution in [2.75, 3.05) is 33.2 Å². The van der Waals surface area contributed by atoms with Gasteiger partial charge in [-0.05, 0) is 51.8 Å². The molecule has 1 aliphatic rings. The third kappa shape index (κ3) is 5.84. The number of carbonyl (C=O) groups is 1. The van der Waals surface area contributed by atoms with Gasteiger partial charge in [-0.15, -0.1) is 0 Å². The third-order valence-corrected chi connectivity index (χ3v) is 4.36. The summed E-state index contributed by atoms with van der Waals surface area (Å²) >= 11 is 0.